The summed E-state index contributed by atoms with van der Waals surface area (Å²) in [6.45, 7) is 0. The predicted molar refractivity (Wildman–Crippen MR) is 202 cm³/mol. The second-order valence-electron chi connectivity index (χ2n) is 12.2. The molecule has 2 heteroatoms. The second-order valence-corrected chi connectivity index (χ2v) is 12.2. The fraction of sp³-hybridized carbons (Fsp3) is 0. The summed E-state index contributed by atoms with van der Waals surface area (Å²) < 4.78 is 6.61. The highest BCUT2D eigenvalue weighted by Crippen LogP contribution is 2.45. The molecule has 0 atom stereocenters. The van der Waals surface area contributed by atoms with Crippen LogP contribution in [0.3, 0.4) is 0 Å². The maximum atomic E-state index is 6.61. The quantitative estimate of drug-likeness (QED) is 0.185. The van der Waals surface area contributed by atoms with Crippen LogP contribution in [0.15, 0.2) is 192 Å². The van der Waals surface area contributed by atoms with E-state index in [-0.39, 0.29) is 0 Å². The molecule has 0 aliphatic heterocycles. The van der Waals surface area contributed by atoms with E-state index in [1.807, 2.05) is 0 Å². The molecule has 0 radical (unpaired) electrons. The highest BCUT2D eigenvalue weighted by Gasteiger charge is 2.20. The minimum absolute atomic E-state index is 0.873. The van der Waals surface area contributed by atoms with Crippen LogP contribution in [0.4, 0.5) is 17.1 Å². The van der Waals surface area contributed by atoms with Crippen molar-refractivity contribution in [2.75, 3.05) is 4.90 Å². The Morgan fingerprint density at radius 2 is 0.917 bits per heavy atom. The van der Waals surface area contributed by atoms with Gasteiger partial charge in [-0.05, 0) is 81.2 Å². The molecule has 0 N–H and O–H groups in total. The lowest BCUT2D eigenvalue weighted by atomic mass is 9.99. The van der Waals surface area contributed by atoms with Crippen LogP contribution in [0, 0.1) is 0 Å². The van der Waals surface area contributed by atoms with Crippen molar-refractivity contribution in [3.05, 3.63) is 188 Å². The van der Waals surface area contributed by atoms with Gasteiger partial charge in [0.15, 0.2) is 0 Å². The number of hydrogen-bond acceptors (Lipinski definition) is 2. The van der Waals surface area contributed by atoms with Crippen LogP contribution in [0.2, 0.25) is 0 Å². The molecule has 226 valence electrons. The van der Waals surface area contributed by atoms with Crippen LogP contribution in [-0.2, 0) is 0 Å². The molecule has 0 amide bonds. The van der Waals surface area contributed by atoms with E-state index < -0.39 is 0 Å². The Balaban J connectivity index is 1.19. The number of fused-ring (bicyclic) bond motifs is 5. The third-order valence-corrected chi connectivity index (χ3v) is 9.27. The molecule has 0 saturated carbocycles. The fourth-order valence-corrected chi connectivity index (χ4v) is 6.89. The van der Waals surface area contributed by atoms with Gasteiger partial charge in [0, 0.05) is 22.1 Å². The summed E-state index contributed by atoms with van der Waals surface area (Å²) in [5.41, 5.74) is 12.2. The maximum Gasteiger partial charge on any atom is 0.143 e. The Labute approximate surface area is 279 Å². The maximum absolute atomic E-state index is 6.61. The van der Waals surface area contributed by atoms with Crippen molar-refractivity contribution in [1.82, 2.24) is 0 Å². The molecule has 48 heavy (non-hydrogen) atoms. The van der Waals surface area contributed by atoms with Gasteiger partial charge in [0.1, 0.15) is 11.2 Å². The SMILES string of the molecule is c1ccc(-c2ccc(-c3ccc(N(c4cccc(-c5ccccc5)c4)c4cccc5oc6c7ccccc7ccc6c45)cc3)cc2)cc1. The van der Waals surface area contributed by atoms with Gasteiger partial charge in [-0.2, -0.15) is 0 Å². The molecule has 9 rings (SSSR count). The van der Waals surface area contributed by atoms with Crippen LogP contribution in [0.5, 0.6) is 0 Å². The molecular weight excluding hydrogens is 583 g/mol. The minimum Gasteiger partial charge on any atom is -0.455 e. The van der Waals surface area contributed by atoms with E-state index in [0.717, 1.165) is 44.4 Å². The van der Waals surface area contributed by atoms with Crippen molar-refractivity contribution in [3.8, 4) is 33.4 Å². The number of anilines is 3. The summed E-state index contributed by atoms with van der Waals surface area (Å²) in [7, 11) is 0. The van der Waals surface area contributed by atoms with Crippen molar-refractivity contribution >= 4 is 49.8 Å². The van der Waals surface area contributed by atoms with Gasteiger partial charge in [0.25, 0.3) is 0 Å². The molecule has 0 spiro atoms. The van der Waals surface area contributed by atoms with Crippen LogP contribution < -0.4 is 4.90 Å². The average molecular weight is 614 g/mol. The zero-order chi connectivity index (χ0) is 31.9. The van der Waals surface area contributed by atoms with Gasteiger partial charge in [-0.1, -0.05) is 146 Å². The molecule has 0 fully saturated rings. The van der Waals surface area contributed by atoms with E-state index >= 15 is 0 Å². The average Bonchev–Trinajstić information content (AvgIpc) is 3.56. The molecule has 9 aromatic rings. The lowest BCUT2D eigenvalue weighted by molar-refractivity contribution is 0.672. The zero-order valence-corrected chi connectivity index (χ0v) is 26.3. The fourth-order valence-electron chi connectivity index (χ4n) is 6.89. The van der Waals surface area contributed by atoms with E-state index in [9.17, 15) is 0 Å². The zero-order valence-electron chi connectivity index (χ0n) is 26.3. The van der Waals surface area contributed by atoms with Crippen molar-refractivity contribution in [3.63, 3.8) is 0 Å². The number of hydrogen-bond donors (Lipinski definition) is 0. The summed E-state index contributed by atoms with van der Waals surface area (Å²) in [5.74, 6) is 0. The smallest absolute Gasteiger partial charge is 0.143 e. The lowest BCUT2D eigenvalue weighted by Crippen LogP contribution is -2.10. The lowest BCUT2D eigenvalue weighted by Gasteiger charge is -2.27. The largest absolute Gasteiger partial charge is 0.455 e. The molecule has 8 aromatic carbocycles. The molecule has 0 bridgehead atoms. The first-order valence-corrected chi connectivity index (χ1v) is 16.3. The molecule has 1 aromatic heterocycles. The molecular formula is C46H31NO. The Morgan fingerprint density at radius 3 is 1.62 bits per heavy atom. The second kappa shape index (κ2) is 11.8. The summed E-state index contributed by atoms with van der Waals surface area (Å²) in [5, 5.41) is 4.51. The summed E-state index contributed by atoms with van der Waals surface area (Å²) in [4.78, 5) is 2.36. The minimum atomic E-state index is 0.873. The summed E-state index contributed by atoms with van der Waals surface area (Å²) in [6.07, 6.45) is 0. The number of benzene rings is 8. The van der Waals surface area contributed by atoms with E-state index in [2.05, 4.69) is 193 Å². The van der Waals surface area contributed by atoms with Crippen molar-refractivity contribution < 1.29 is 4.42 Å². The highest BCUT2D eigenvalue weighted by atomic mass is 16.3. The van der Waals surface area contributed by atoms with Gasteiger partial charge in [-0.25, -0.2) is 0 Å². The Hall–Kier alpha value is -6.38. The van der Waals surface area contributed by atoms with E-state index in [0.29, 0.717) is 0 Å². The van der Waals surface area contributed by atoms with Gasteiger partial charge in [0.05, 0.1) is 11.1 Å². The third kappa shape index (κ3) is 4.92. The van der Waals surface area contributed by atoms with Gasteiger partial charge >= 0.3 is 0 Å². The Morgan fingerprint density at radius 1 is 0.354 bits per heavy atom. The standard InChI is InChI=1S/C46H31NO/c1-3-11-32(12-4-1)34-21-23-35(24-22-34)36-25-28-39(29-26-36)47(40-17-9-16-38(31-40)33-13-5-2-6-14-33)43-19-10-20-44-45(43)42-30-27-37-15-7-8-18-41(37)46(42)48-44/h1-31H. The third-order valence-electron chi connectivity index (χ3n) is 9.27. The van der Waals surface area contributed by atoms with Crippen LogP contribution >= 0.6 is 0 Å². The molecule has 0 saturated heterocycles. The summed E-state index contributed by atoms with van der Waals surface area (Å²) in [6, 6.07) is 66.8. The summed E-state index contributed by atoms with van der Waals surface area (Å²) >= 11 is 0. The predicted octanol–water partition coefficient (Wildman–Crippen LogP) is 13.2. The van der Waals surface area contributed by atoms with Crippen LogP contribution in [0.25, 0.3) is 66.1 Å². The number of furan rings is 1. The van der Waals surface area contributed by atoms with Gasteiger partial charge in [-0.3, -0.25) is 0 Å². The molecule has 0 unspecified atom stereocenters. The molecule has 0 aliphatic carbocycles. The van der Waals surface area contributed by atoms with Crippen molar-refractivity contribution in [1.29, 1.82) is 0 Å². The Kier molecular flexibility index (Phi) is 6.84. The van der Waals surface area contributed by atoms with E-state index in [4.69, 9.17) is 4.42 Å². The first-order chi connectivity index (χ1) is 23.8. The van der Waals surface area contributed by atoms with Crippen LogP contribution in [-0.4, -0.2) is 0 Å². The van der Waals surface area contributed by atoms with E-state index in [1.165, 1.54) is 38.8 Å². The van der Waals surface area contributed by atoms with Gasteiger partial charge in [0.2, 0.25) is 0 Å². The van der Waals surface area contributed by atoms with Crippen molar-refractivity contribution in [2.24, 2.45) is 0 Å². The number of rotatable bonds is 6. The first-order valence-electron chi connectivity index (χ1n) is 16.3. The number of nitrogens with zero attached hydrogens (tertiary/aromatic N) is 1. The molecule has 0 aliphatic rings. The normalized spacial score (nSPS) is 11.3. The van der Waals surface area contributed by atoms with Crippen molar-refractivity contribution in [2.45, 2.75) is 0 Å². The first kappa shape index (κ1) is 27.9. The van der Waals surface area contributed by atoms with Crippen LogP contribution in [0.1, 0.15) is 0 Å². The monoisotopic (exact) mass is 613 g/mol. The Bertz CT molecular complexity index is 2530. The highest BCUT2D eigenvalue weighted by molar-refractivity contribution is 6.19. The molecule has 1 heterocycles. The van der Waals surface area contributed by atoms with Gasteiger partial charge in [-0.15, -0.1) is 0 Å². The van der Waals surface area contributed by atoms with E-state index in [1.54, 1.807) is 0 Å². The molecule has 2 nitrogen and oxygen atoms in total. The topological polar surface area (TPSA) is 16.4 Å². The van der Waals surface area contributed by atoms with Gasteiger partial charge < -0.3 is 9.32 Å².